The maximum Gasteiger partial charge on any atom is 0.387 e. The average Bonchev–Trinajstić information content (AvgIpc) is 2.86. The second kappa shape index (κ2) is 8.12. The largest absolute Gasteiger partial charge is 0.435 e. The molecule has 1 aliphatic heterocycles. The number of alkyl halides is 2. The predicted molar refractivity (Wildman–Crippen MR) is 95.7 cm³/mol. The Morgan fingerprint density at radius 2 is 1.89 bits per heavy atom. The first-order valence-corrected chi connectivity index (χ1v) is 9.28. The highest BCUT2D eigenvalue weighted by atomic mass is 19.3. The van der Waals surface area contributed by atoms with Crippen molar-refractivity contribution >= 4 is 17.8 Å². The average molecular weight is 395 g/mol. The van der Waals surface area contributed by atoms with E-state index in [-0.39, 0.29) is 24.2 Å². The van der Waals surface area contributed by atoms with Crippen LogP contribution in [0.25, 0.3) is 0 Å². The summed E-state index contributed by atoms with van der Waals surface area (Å²) in [7, 11) is 0. The summed E-state index contributed by atoms with van der Waals surface area (Å²) in [6, 6.07) is 4.87. The van der Waals surface area contributed by atoms with E-state index >= 15 is 0 Å². The Balaban J connectivity index is 1.66. The summed E-state index contributed by atoms with van der Waals surface area (Å²) < 4.78 is 28.8. The van der Waals surface area contributed by atoms with Crippen molar-refractivity contribution in [1.29, 1.82) is 0 Å². The number of amides is 4. The van der Waals surface area contributed by atoms with Gasteiger partial charge in [-0.05, 0) is 37.5 Å². The monoisotopic (exact) mass is 395 g/mol. The molecule has 7 nitrogen and oxygen atoms in total. The van der Waals surface area contributed by atoms with Crippen LogP contribution in [0, 0.1) is 0 Å². The van der Waals surface area contributed by atoms with Gasteiger partial charge in [-0.15, -0.1) is 0 Å². The number of nitrogens with one attached hydrogen (secondary N) is 2. The van der Waals surface area contributed by atoms with E-state index in [0.717, 1.165) is 37.0 Å². The van der Waals surface area contributed by atoms with Gasteiger partial charge < -0.3 is 15.4 Å². The lowest BCUT2D eigenvalue weighted by atomic mass is 9.92. The molecule has 1 saturated carbocycles. The number of hydrogen-bond donors (Lipinski definition) is 2. The van der Waals surface area contributed by atoms with Gasteiger partial charge in [0.2, 0.25) is 5.91 Å². The van der Waals surface area contributed by atoms with E-state index in [1.165, 1.54) is 31.2 Å². The second-order valence-electron chi connectivity index (χ2n) is 7.25. The molecule has 1 aliphatic carbocycles. The maximum absolute atomic E-state index is 12.8. The Morgan fingerprint density at radius 3 is 2.50 bits per heavy atom. The second-order valence-corrected chi connectivity index (χ2v) is 7.25. The summed E-state index contributed by atoms with van der Waals surface area (Å²) in [6.45, 7) is -1.80. The minimum atomic E-state index is -2.95. The van der Waals surface area contributed by atoms with Crippen LogP contribution in [0.3, 0.4) is 0 Å². The SMILES string of the molecule is C[C@]1(c2ccc(OC(F)F)cc2)NC(=O)N(CC(=O)NC2CCCCC2)C1=O. The zero-order valence-corrected chi connectivity index (χ0v) is 15.5. The molecule has 2 aliphatic rings. The van der Waals surface area contributed by atoms with Crippen molar-refractivity contribution < 1.29 is 27.9 Å². The lowest BCUT2D eigenvalue weighted by molar-refractivity contribution is -0.135. The highest BCUT2D eigenvalue weighted by Crippen LogP contribution is 2.30. The third-order valence-electron chi connectivity index (χ3n) is 5.20. The van der Waals surface area contributed by atoms with Crippen LogP contribution >= 0.6 is 0 Å². The summed E-state index contributed by atoms with van der Waals surface area (Å²) in [5.41, 5.74) is -0.978. The minimum Gasteiger partial charge on any atom is -0.435 e. The molecule has 3 rings (SSSR count). The van der Waals surface area contributed by atoms with E-state index in [1.807, 2.05) is 0 Å². The fraction of sp³-hybridized carbons (Fsp3) is 0.526. The normalized spacial score (nSPS) is 23.1. The molecular formula is C19H23F2N3O4. The molecule has 0 spiro atoms. The standard InChI is InChI=1S/C19H23F2N3O4/c1-19(12-7-9-14(10-8-12)28-17(20)21)16(26)24(18(27)23-19)11-15(25)22-13-5-3-2-4-6-13/h7-10,13,17H,2-6,11H2,1H3,(H,22,25)(H,23,27)/t19-/m1/s1. The lowest BCUT2D eigenvalue weighted by Gasteiger charge is -2.24. The third-order valence-corrected chi connectivity index (χ3v) is 5.20. The van der Waals surface area contributed by atoms with Crippen LogP contribution in [-0.4, -0.2) is 41.9 Å². The highest BCUT2D eigenvalue weighted by molar-refractivity contribution is 6.09. The van der Waals surface area contributed by atoms with Gasteiger partial charge >= 0.3 is 12.6 Å². The number of carbonyl (C=O) groups excluding carboxylic acids is 3. The number of benzene rings is 1. The molecule has 1 heterocycles. The van der Waals surface area contributed by atoms with Gasteiger partial charge in [-0.1, -0.05) is 31.4 Å². The van der Waals surface area contributed by atoms with Gasteiger partial charge in [-0.3, -0.25) is 14.5 Å². The molecule has 152 valence electrons. The minimum absolute atomic E-state index is 0.0529. The van der Waals surface area contributed by atoms with E-state index in [9.17, 15) is 23.2 Å². The van der Waals surface area contributed by atoms with Crippen LogP contribution in [-0.2, 0) is 15.1 Å². The zero-order valence-electron chi connectivity index (χ0n) is 15.5. The first-order chi connectivity index (χ1) is 13.3. The highest BCUT2D eigenvalue weighted by Gasteiger charge is 2.49. The van der Waals surface area contributed by atoms with Crippen molar-refractivity contribution in [3.63, 3.8) is 0 Å². The van der Waals surface area contributed by atoms with Crippen LogP contribution in [0.1, 0.15) is 44.6 Å². The molecule has 0 unspecified atom stereocenters. The molecule has 2 N–H and O–H groups in total. The summed E-state index contributed by atoms with van der Waals surface area (Å²) in [6.07, 6.45) is 5.06. The van der Waals surface area contributed by atoms with Crippen LogP contribution in [0.15, 0.2) is 24.3 Å². The molecule has 28 heavy (non-hydrogen) atoms. The van der Waals surface area contributed by atoms with Gasteiger partial charge in [0.05, 0.1) is 0 Å². The maximum atomic E-state index is 12.8. The summed E-state index contributed by atoms with van der Waals surface area (Å²) in [4.78, 5) is 38.3. The van der Waals surface area contributed by atoms with Crippen LogP contribution in [0.4, 0.5) is 13.6 Å². The van der Waals surface area contributed by atoms with Gasteiger partial charge in [0.25, 0.3) is 5.91 Å². The Morgan fingerprint density at radius 1 is 1.25 bits per heavy atom. The number of rotatable bonds is 6. The number of hydrogen-bond acceptors (Lipinski definition) is 4. The van der Waals surface area contributed by atoms with Crippen molar-refractivity contribution in [3.8, 4) is 5.75 Å². The molecule has 1 aromatic carbocycles. The van der Waals surface area contributed by atoms with Crippen LogP contribution in [0.2, 0.25) is 0 Å². The first-order valence-electron chi connectivity index (χ1n) is 9.28. The van der Waals surface area contributed by atoms with Crippen LogP contribution in [0.5, 0.6) is 5.75 Å². The third kappa shape index (κ3) is 4.23. The molecule has 4 amide bonds. The molecular weight excluding hydrogens is 372 g/mol. The predicted octanol–water partition coefficient (Wildman–Crippen LogP) is 2.50. The van der Waals surface area contributed by atoms with Crippen molar-refractivity contribution in [2.24, 2.45) is 0 Å². The van der Waals surface area contributed by atoms with Gasteiger partial charge in [-0.2, -0.15) is 8.78 Å². The number of carbonyl (C=O) groups is 3. The quantitative estimate of drug-likeness (QED) is 0.725. The Bertz CT molecular complexity index is 750. The van der Waals surface area contributed by atoms with E-state index in [1.54, 1.807) is 0 Å². The van der Waals surface area contributed by atoms with Gasteiger partial charge in [0, 0.05) is 6.04 Å². The number of nitrogens with zero attached hydrogens (tertiary/aromatic N) is 1. The fourth-order valence-corrected chi connectivity index (χ4v) is 3.67. The van der Waals surface area contributed by atoms with Crippen molar-refractivity contribution in [1.82, 2.24) is 15.5 Å². The molecule has 1 atom stereocenters. The van der Waals surface area contributed by atoms with Gasteiger partial charge in [-0.25, -0.2) is 4.79 Å². The number of ether oxygens (including phenoxy) is 1. The zero-order chi connectivity index (χ0) is 20.3. The van der Waals surface area contributed by atoms with E-state index in [4.69, 9.17) is 0 Å². The topological polar surface area (TPSA) is 87.7 Å². The number of imide groups is 1. The molecule has 1 saturated heterocycles. The summed E-state index contributed by atoms with van der Waals surface area (Å²) in [5.74, 6) is -0.998. The van der Waals surface area contributed by atoms with E-state index < -0.39 is 24.1 Å². The van der Waals surface area contributed by atoms with E-state index in [0.29, 0.717) is 5.56 Å². The first kappa shape index (κ1) is 20.0. The lowest BCUT2D eigenvalue weighted by Crippen LogP contribution is -2.45. The molecule has 0 bridgehead atoms. The van der Waals surface area contributed by atoms with E-state index in [2.05, 4.69) is 15.4 Å². The van der Waals surface area contributed by atoms with Gasteiger partial charge in [0.15, 0.2) is 0 Å². The molecule has 0 radical (unpaired) electrons. The number of urea groups is 1. The molecule has 2 fully saturated rings. The summed E-state index contributed by atoms with van der Waals surface area (Å²) in [5, 5.41) is 5.46. The van der Waals surface area contributed by atoms with Crippen LogP contribution < -0.4 is 15.4 Å². The van der Waals surface area contributed by atoms with Gasteiger partial charge in [0.1, 0.15) is 17.8 Å². The summed E-state index contributed by atoms with van der Waals surface area (Å²) >= 11 is 0. The fourth-order valence-electron chi connectivity index (χ4n) is 3.67. The number of halogens is 2. The molecule has 1 aromatic rings. The Labute approximate surface area is 161 Å². The van der Waals surface area contributed by atoms with Crippen molar-refractivity contribution in [2.45, 2.75) is 57.2 Å². The smallest absolute Gasteiger partial charge is 0.387 e. The Kier molecular flexibility index (Phi) is 5.81. The molecule has 0 aromatic heterocycles. The van der Waals surface area contributed by atoms with Crippen molar-refractivity contribution in [3.05, 3.63) is 29.8 Å². The molecule has 9 heteroatoms. The Hall–Kier alpha value is -2.71. The van der Waals surface area contributed by atoms with Crippen molar-refractivity contribution in [2.75, 3.05) is 6.54 Å².